The first-order valence-electron chi connectivity index (χ1n) is 6.51. The highest BCUT2D eigenvalue weighted by Crippen LogP contribution is 2.26. The number of hydrogen-bond donors (Lipinski definition) is 1. The van der Waals surface area contributed by atoms with Crippen molar-refractivity contribution >= 4 is 5.69 Å². The van der Waals surface area contributed by atoms with Crippen molar-refractivity contribution in [2.45, 2.75) is 45.4 Å². The van der Waals surface area contributed by atoms with Gasteiger partial charge in [0.1, 0.15) is 0 Å². The van der Waals surface area contributed by atoms with Crippen LogP contribution < -0.4 is 5.32 Å². The summed E-state index contributed by atoms with van der Waals surface area (Å²) in [5.74, 6) is 0.961. The molecule has 1 aromatic rings. The lowest BCUT2D eigenvalue weighted by molar-refractivity contribution is 0.345. The van der Waals surface area contributed by atoms with Gasteiger partial charge in [0.15, 0.2) is 0 Å². The van der Waals surface area contributed by atoms with E-state index >= 15 is 0 Å². The molecule has 2 rings (SSSR count). The molecule has 0 amide bonds. The van der Waals surface area contributed by atoms with Gasteiger partial charge in [-0.1, -0.05) is 32.1 Å². The summed E-state index contributed by atoms with van der Waals surface area (Å²) >= 11 is 0. The Morgan fingerprint density at radius 1 is 1.31 bits per heavy atom. The largest absolute Gasteiger partial charge is 0.385 e. The Kier molecular flexibility index (Phi) is 4.20. The van der Waals surface area contributed by atoms with Gasteiger partial charge in [-0.3, -0.25) is 4.98 Å². The summed E-state index contributed by atoms with van der Waals surface area (Å²) in [5, 5.41) is 3.52. The van der Waals surface area contributed by atoms with Crippen LogP contribution in [0.5, 0.6) is 0 Å². The maximum Gasteiger partial charge on any atom is 0.0400 e. The zero-order chi connectivity index (χ0) is 11.2. The molecule has 1 fully saturated rings. The topological polar surface area (TPSA) is 24.9 Å². The Morgan fingerprint density at radius 3 is 2.88 bits per heavy atom. The van der Waals surface area contributed by atoms with Crippen LogP contribution >= 0.6 is 0 Å². The molecule has 1 aliphatic carbocycles. The number of anilines is 1. The van der Waals surface area contributed by atoms with E-state index in [0.29, 0.717) is 0 Å². The van der Waals surface area contributed by atoms with Gasteiger partial charge in [0, 0.05) is 24.6 Å². The third kappa shape index (κ3) is 3.22. The number of aryl methyl sites for hydroxylation is 1. The van der Waals surface area contributed by atoms with E-state index in [9.17, 15) is 0 Å². The van der Waals surface area contributed by atoms with Crippen molar-refractivity contribution in [2.24, 2.45) is 5.92 Å². The first-order valence-corrected chi connectivity index (χ1v) is 6.51. The normalized spacial score (nSPS) is 17.3. The maximum atomic E-state index is 4.10. The van der Waals surface area contributed by atoms with Crippen LogP contribution in [-0.2, 0) is 0 Å². The summed E-state index contributed by atoms with van der Waals surface area (Å²) in [6, 6.07) is 2.07. The highest BCUT2D eigenvalue weighted by atomic mass is 14.9. The molecule has 1 heterocycles. The molecule has 2 heteroatoms. The fourth-order valence-corrected chi connectivity index (χ4v) is 2.56. The molecule has 0 bridgehead atoms. The summed E-state index contributed by atoms with van der Waals surface area (Å²) in [5.41, 5.74) is 2.48. The minimum absolute atomic E-state index is 0.961. The van der Waals surface area contributed by atoms with Crippen molar-refractivity contribution < 1.29 is 0 Å². The minimum Gasteiger partial charge on any atom is -0.385 e. The fraction of sp³-hybridized carbons (Fsp3) is 0.643. The molecule has 1 aliphatic rings. The van der Waals surface area contributed by atoms with Gasteiger partial charge in [-0.15, -0.1) is 0 Å². The van der Waals surface area contributed by atoms with E-state index in [4.69, 9.17) is 0 Å². The Morgan fingerprint density at radius 2 is 2.12 bits per heavy atom. The van der Waals surface area contributed by atoms with Crippen LogP contribution in [0.15, 0.2) is 18.5 Å². The van der Waals surface area contributed by atoms with E-state index in [1.807, 2.05) is 12.4 Å². The number of nitrogens with zero attached hydrogens (tertiary/aromatic N) is 1. The zero-order valence-electron chi connectivity index (χ0n) is 10.2. The number of pyridine rings is 1. The molecule has 2 nitrogen and oxygen atoms in total. The third-order valence-electron chi connectivity index (χ3n) is 3.61. The second-order valence-corrected chi connectivity index (χ2v) is 4.91. The van der Waals surface area contributed by atoms with Gasteiger partial charge in [0.05, 0.1) is 0 Å². The SMILES string of the molecule is Cc1cnccc1NCCC1CCCCC1. The molecule has 0 atom stereocenters. The average molecular weight is 218 g/mol. The first-order chi connectivity index (χ1) is 7.86. The first kappa shape index (κ1) is 11.4. The summed E-state index contributed by atoms with van der Waals surface area (Å²) < 4.78 is 0. The van der Waals surface area contributed by atoms with Gasteiger partial charge in [0.2, 0.25) is 0 Å². The number of aromatic nitrogens is 1. The van der Waals surface area contributed by atoms with Gasteiger partial charge in [-0.05, 0) is 30.9 Å². The van der Waals surface area contributed by atoms with Gasteiger partial charge >= 0.3 is 0 Å². The second kappa shape index (κ2) is 5.88. The molecule has 0 aromatic carbocycles. The van der Waals surface area contributed by atoms with E-state index in [1.165, 1.54) is 49.8 Å². The van der Waals surface area contributed by atoms with Crippen molar-refractivity contribution in [1.29, 1.82) is 0 Å². The lowest BCUT2D eigenvalue weighted by Crippen LogP contribution is -2.12. The van der Waals surface area contributed by atoms with Gasteiger partial charge in [0.25, 0.3) is 0 Å². The second-order valence-electron chi connectivity index (χ2n) is 4.91. The molecule has 0 unspecified atom stereocenters. The van der Waals surface area contributed by atoms with Gasteiger partial charge in [-0.25, -0.2) is 0 Å². The average Bonchev–Trinajstić information content (AvgIpc) is 2.33. The quantitative estimate of drug-likeness (QED) is 0.832. The molecule has 1 N–H and O–H groups in total. The number of hydrogen-bond acceptors (Lipinski definition) is 2. The Bertz CT molecular complexity index is 316. The molecule has 1 saturated carbocycles. The lowest BCUT2D eigenvalue weighted by atomic mass is 9.87. The molecular weight excluding hydrogens is 196 g/mol. The Balaban J connectivity index is 1.73. The fourth-order valence-electron chi connectivity index (χ4n) is 2.56. The molecule has 0 spiro atoms. The zero-order valence-corrected chi connectivity index (χ0v) is 10.2. The summed E-state index contributed by atoms with van der Waals surface area (Å²) in [7, 11) is 0. The van der Waals surface area contributed by atoms with Crippen molar-refractivity contribution in [1.82, 2.24) is 4.98 Å². The van der Waals surface area contributed by atoms with Gasteiger partial charge < -0.3 is 5.32 Å². The molecule has 0 aliphatic heterocycles. The molecule has 0 radical (unpaired) electrons. The van der Waals surface area contributed by atoms with Crippen LogP contribution in [-0.4, -0.2) is 11.5 Å². The maximum absolute atomic E-state index is 4.10. The molecule has 1 aromatic heterocycles. The molecule has 88 valence electrons. The Labute approximate surface area is 98.5 Å². The Hall–Kier alpha value is -1.05. The van der Waals surface area contributed by atoms with Gasteiger partial charge in [-0.2, -0.15) is 0 Å². The molecule has 0 saturated heterocycles. The van der Waals surface area contributed by atoms with E-state index < -0.39 is 0 Å². The standard InChI is InChI=1S/C14H22N2/c1-12-11-15-9-8-14(12)16-10-7-13-5-3-2-4-6-13/h8-9,11,13H,2-7,10H2,1H3,(H,15,16). The highest BCUT2D eigenvalue weighted by Gasteiger charge is 2.12. The van der Waals surface area contributed by atoms with Crippen LogP contribution in [0.3, 0.4) is 0 Å². The summed E-state index contributed by atoms with van der Waals surface area (Å²) in [4.78, 5) is 4.10. The van der Waals surface area contributed by atoms with Crippen LogP contribution in [0, 0.1) is 12.8 Å². The molecular formula is C14H22N2. The van der Waals surface area contributed by atoms with Crippen LogP contribution in [0.25, 0.3) is 0 Å². The summed E-state index contributed by atoms with van der Waals surface area (Å²) in [6.07, 6.45) is 12.3. The van der Waals surface area contributed by atoms with Crippen LogP contribution in [0.2, 0.25) is 0 Å². The minimum atomic E-state index is 0.961. The number of rotatable bonds is 4. The van der Waals surface area contributed by atoms with Crippen molar-refractivity contribution in [3.63, 3.8) is 0 Å². The van der Waals surface area contributed by atoms with Crippen LogP contribution in [0.1, 0.15) is 44.1 Å². The predicted octanol–water partition coefficient (Wildman–Crippen LogP) is 3.77. The van der Waals surface area contributed by atoms with E-state index in [0.717, 1.165) is 12.5 Å². The van der Waals surface area contributed by atoms with E-state index in [-0.39, 0.29) is 0 Å². The monoisotopic (exact) mass is 218 g/mol. The van der Waals surface area contributed by atoms with E-state index in [1.54, 1.807) is 0 Å². The van der Waals surface area contributed by atoms with Crippen LogP contribution in [0.4, 0.5) is 5.69 Å². The van der Waals surface area contributed by atoms with E-state index in [2.05, 4.69) is 23.3 Å². The highest BCUT2D eigenvalue weighted by molar-refractivity contribution is 5.48. The smallest absolute Gasteiger partial charge is 0.0400 e. The predicted molar refractivity (Wildman–Crippen MR) is 68.7 cm³/mol. The van der Waals surface area contributed by atoms with Crippen molar-refractivity contribution in [2.75, 3.05) is 11.9 Å². The number of nitrogens with one attached hydrogen (secondary N) is 1. The van der Waals surface area contributed by atoms with Crippen molar-refractivity contribution in [3.05, 3.63) is 24.0 Å². The molecule has 16 heavy (non-hydrogen) atoms. The summed E-state index contributed by atoms with van der Waals surface area (Å²) in [6.45, 7) is 3.21. The third-order valence-corrected chi connectivity index (χ3v) is 3.61. The lowest BCUT2D eigenvalue weighted by Gasteiger charge is -2.21. The van der Waals surface area contributed by atoms with Crippen molar-refractivity contribution in [3.8, 4) is 0 Å².